The molecule has 2 saturated carbocycles. The van der Waals surface area contributed by atoms with Gasteiger partial charge >= 0.3 is 0 Å². The Hall–Kier alpha value is -6.43. The lowest BCUT2D eigenvalue weighted by molar-refractivity contribution is -0.0501. The zero-order valence-corrected chi connectivity index (χ0v) is 40.7. The van der Waals surface area contributed by atoms with E-state index in [2.05, 4.69) is 65.4 Å². The quantitative estimate of drug-likeness (QED) is 0.156. The molecule has 0 spiro atoms. The van der Waals surface area contributed by atoms with E-state index in [9.17, 15) is 23.8 Å². The van der Waals surface area contributed by atoms with Crippen molar-refractivity contribution >= 4 is 27.6 Å². The standard InChI is InChI=1S/C30H30FN3O2.C30H32FN3O/c1-2-29(36)12-13-30(18-23-5-3-4-14-32-23)21(17-29)6-11-28(35)25-16-27-20(15-26(25)30)19-33-34(27)24-9-7-22(31)8-10-24;1-2-29(35)13-14-30(19-25-8-3-4-15-32-25)23(18-29)7-5-6-21-17-28-22(16-27(21)30)20-33-34(28)26-11-9-24(31)10-12-26/h3-5,7-10,14-16,19,21,36H,2,6,11-13,17-18H2,1H3;3-4,8-12,15-17,20,23,35H,2,5-7,13-14,18-19H2,1H3/t21-,29+,30-;23-,29+,30-/m00/s1. The van der Waals surface area contributed by atoms with Gasteiger partial charge in [-0.05, 0) is 215 Å². The van der Waals surface area contributed by atoms with Gasteiger partial charge in [0.15, 0.2) is 5.78 Å². The minimum atomic E-state index is -0.691. The molecule has 4 heterocycles. The van der Waals surface area contributed by atoms with Crippen LogP contribution in [0.5, 0.6) is 0 Å². The van der Waals surface area contributed by atoms with Crippen LogP contribution in [0.15, 0.2) is 134 Å². The summed E-state index contributed by atoms with van der Waals surface area (Å²) < 4.78 is 30.7. The number of carbonyl (C=O) groups excluding carboxylic acids is 1. The second kappa shape index (κ2) is 18.6. The number of rotatable bonds is 8. The molecule has 4 aliphatic rings. The maximum Gasteiger partial charge on any atom is 0.163 e. The number of hydrogen-bond acceptors (Lipinski definition) is 7. The van der Waals surface area contributed by atoms with Crippen LogP contribution in [0.1, 0.15) is 129 Å². The predicted molar refractivity (Wildman–Crippen MR) is 273 cm³/mol. The molecule has 0 bridgehead atoms. The van der Waals surface area contributed by atoms with E-state index in [0.29, 0.717) is 31.6 Å². The molecule has 12 rings (SSSR count). The van der Waals surface area contributed by atoms with Crippen LogP contribution in [-0.4, -0.2) is 56.7 Å². The molecule has 2 fully saturated rings. The van der Waals surface area contributed by atoms with E-state index < -0.39 is 11.2 Å². The van der Waals surface area contributed by atoms with Crippen molar-refractivity contribution in [3.05, 3.63) is 179 Å². The molecule has 8 aromatic rings. The van der Waals surface area contributed by atoms with Crippen molar-refractivity contribution in [1.29, 1.82) is 0 Å². The lowest BCUT2D eigenvalue weighted by Crippen LogP contribution is -2.49. The van der Waals surface area contributed by atoms with Crippen molar-refractivity contribution in [2.45, 2.75) is 132 Å². The van der Waals surface area contributed by atoms with Crippen LogP contribution in [-0.2, 0) is 30.1 Å². The molecule has 0 unspecified atom stereocenters. The van der Waals surface area contributed by atoms with Crippen LogP contribution in [0.2, 0.25) is 0 Å². The smallest absolute Gasteiger partial charge is 0.163 e. The summed E-state index contributed by atoms with van der Waals surface area (Å²) in [7, 11) is 0. The molecule has 4 aromatic heterocycles. The summed E-state index contributed by atoms with van der Waals surface area (Å²) in [5.41, 5.74) is 8.63. The topological polar surface area (TPSA) is 119 Å². The fourth-order valence-electron chi connectivity index (χ4n) is 13.3. The fourth-order valence-corrected chi connectivity index (χ4v) is 13.3. The highest BCUT2D eigenvalue weighted by Crippen LogP contribution is 2.56. The van der Waals surface area contributed by atoms with E-state index in [-0.39, 0.29) is 34.2 Å². The number of hydrogen-bond donors (Lipinski definition) is 2. The number of aryl methyl sites for hydroxylation is 1. The second-order valence-electron chi connectivity index (χ2n) is 21.2. The molecule has 71 heavy (non-hydrogen) atoms. The van der Waals surface area contributed by atoms with E-state index in [1.807, 2.05) is 53.7 Å². The van der Waals surface area contributed by atoms with Gasteiger partial charge in [-0.25, -0.2) is 18.1 Å². The molecule has 0 aliphatic heterocycles. The average molecular weight is 953 g/mol. The Balaban J connectivity index is 0.000000154. The maximum absolute atomic E-state index is 13.6. The van der Waals surface area contributed by atoms with Gasteiger partial charge in [-0.15, -0.1) is 0 Å². The third-order valence-electron chi connectivity index (χ3n) is 17.4. The van der Waals surface area contributed by atoms with E-state index in [4.69, 9.17) is 4.98 Å². The summed E-state index contributed by atoms with van der Waals surface area (Å²) >= 11 is 0. The number of carbonyl (C=O) groups is 1. The van der Waals surface area contributed by atoms with E-state index in [1.54, 1.807) is 28.9 Å². The van der Waals surface area contributed by atoms with Crippen molar-refractivity contribution in [2.75, 3.05) is 0 Å². The lowest BCUT2D eigenvalue weighted by atomic mass is 9.56. The summed E-state index contributed by atoms with van der Waals surface area (Å²) in [6, 6.07) is 33.7. The monoisotopic (exact) mass is 952 g/mol. The number of nitrogens with zero attached hydrogens (tertiary/aromatic N) is 6. The summed E-state index contributed by atoms with van der Waals surface area (Å²) in [6.45, 7) is 4.17. The van der Waals surface area contributed by atoms with Gasteiger partial charge < -0.3 is 10.2 Å². The second-order valence-corrected chi connectivity index (χ2v) is 21.2. The van der Waals surface area contributed by atoms with E-state index >= 15 is 0 Å². The summed E-state index contributed by atoms with van der Waals surface area (Å²) in [5, 5.41) is 33.9. The Morgan fingerprint density at radius 3 is 1.63 bits per heavy atom. The van der Waals surface area contributed by atoms with Crippen molar-refractivity contribution in [2.24, 2.45) is 11.8 Å². The Morgan fingerprint density at radius 1 is 0.606 bits per heavy atom. The normalized spacial score (nSPS) is 26.0. The Kier molecular flexibility index (Phi) is 12.3. The van der Waals surface area contributed by atoms with Gasteiger partial charge in [0.25, 0.3) is 0 Å². The van der Waals surface area contributed by atoms with Crippen LogP contribution >= 0.6 is 0 Å². The molecule has 4 aliphatic carbocycles. The third-order valence-corrected chi connectivity index (χ3v) is 17.4. The first-order chi connectivity index (χ1) is 34.4. The number of fused-ring (bicyclic) bond motifs is 8. The third kappa shape index (κ3) is 8.69. The van der Waals surface area contributed by atoms with Crippen LogP contribution in [0.3, 0.4) is 0 Å². The number of halogens is 2. The minimum absolute atomic E-state index is 0.0479. The number of aromatic nitrogens is 6. The highest BCUT2D eigenvalue weighted by molar-refractivity contribution is 6.02. The SMILES string of the molecule is CC[C@@]1(O)CC[C@@]2(Cc3ccccn3)c3cc4cnn(-c5ccc(F)cc5)c4cc3C(=O)CC[C@H]2C1.CC[C@@]1(O)CC[C@@]2(Cc3ccccn3)c3cc4cnn(-c5ccc(F)cc5)c4cc3CCC[C@H]2C1. The number of ketones is 1. The summed E-state index contributed by atoms with van der Waals surface area (Å²) in [5.74, 6) is 0.174. The highest BCUT2D eigenvalue weighted by Gasteiger charge is 2.52. The van der Waals surface area contributed by atoms with Crippen LogP contribution in [0.4, 0.5) is 8.78 Å². The average Bonchev–Trinajstić information content (AvgIpc) is 3.95. The van der Waals surface area contributed by atoms with Crippen molar-refractivity contribution in [3.63, 3.8) is 0 Å². The molecule has 2 N–H and O–H groups in total. The van der Waals surface area contributed by atoms with Crippen LogP contribution < -0.4 is 0 Å². The van der Waals surface area contributed by atoms with Crippen molar-refractivity contribution in [1.82, 2.24) is 29.5 Å². The molecular formula is C60H62F2N6O3. The van der Waals surface area contributed by atoms with Gasteiger partial charge in [-0.1, -0.05) is 26.0 Å². The lowest BCUT2D eigenvalue weighted by Gasteiger charge is -2.50. The highest BCUT2D eigenvalue weighted by atomic mass is 19.1. The molecule has 0 radical (unpaired) electrons. The number of benzene rings is 4. The molecule has 11 heteroatoms. The fraction of sp³-hybridized carbons (Fsp3) is 0.383. The van der Waals surface area contributed by atoms with Gasteiger partial charge in [0.1, 0.15) is 11.6 Å². The first-order valence-electron chi connectivity index (χ1n) is 25.7. The molecular weight excluding hydrogens is 891 g/mol. The van der Waals surface area contributed by atoms with Gasteiger partial charge in [-0.3, -0.25) is 14.8 Å². The molecule has 364 valence electrons. The summed E-state index contributed by atoms with van der Waals surface area (Å²) in [4.78, 5) is 23.0. The zero-order chi connectivity index (χ0) is 49.0. The van der Waals surface area contributed by atoms with Gasteiger partial charge in [0, 0.05) is 57.4 Å². The Labute approximate surface area is 414 Å². The maximum atomic E-state index is 13.6. The van der Waals surface area contributed by atoms with Gasteiger partial charge in [0.05, 0.1) is 46.0 Å². The number of aliphatic hydroxyl groups is 2. The number of pyridine rings is 2. The molecule has 0 amide bonds. The first kappa shape index (κ1) is 46.9. The van der Waals surface area contributed by atoms with Gasteiger partial charge in [-0.2, -0.15) is 10.2 Å². The van der Waals surface area contributed by atoms with Crippen molar-refractivity contribution < 1.29 is 23.8 Å². The zero-order valence-electron chi connectivity index (χ0n) is 40.7. The number of Topliss-reactive ketones (excluding diaryl/α,β-unsaturated/α-hetero) is 1. The Morgan fingerprint density at radius 2 is 1.11 bits per heavy atom. The van der Waals surface area contributed by atoms with Crippen molar-refractivity contribution in [3.8, 4) is 11.4 Å². The molecule has 9 nitrogen and oxygen atoms in total. The van der Waals surface area contributed by atoms with Gasteiger partial charge in [0.2, 0.25) is 0 Å². The molecule has 4 aromatic carbocycles. The molecule has 6 atom stereocenters. The van der Waals surface area contributed by atoms with Crippen LogP contribution in [0, 0.1) is 23.5 Å². The molecule has 0 saturated heterocycles. The minimum Gasteiger partial charge on any atom is -0.390 e. The predicted octanol–water partition coefficient (Wildman–Crippen LogP) is 12.3. The van der Waals surface area contributed by atoms with Crippen LogP contribution in [0.25, 0.3) is 33.2 Å². The van der Waals surface area contributed by atoms with E-state index in [0.717, 1.165) is 126 Å². The summed E-state index contributed by atoms with van der Waals surface area (Å²) in [6.07, 6.45) is 19.9. The largest absolute Gasteiger partial charge is 0.390 e. The Bertz CT molecular complexity index is 3210. The van der Waals surface area contributed by atoms with E-state index in [1.165, 1.54) is 35.4 Å². The first-order valence-corrected chi connectivity index (χ1v) is 25.7.